The molecule has 28 heavy (non-hydrogen) atoms. The van der Waals surface area contributed by atoms with Gasteiger partial charge in [0.05, 0.1) is 21.6 Å². The molecule has 1 aliphatic heterocycles. The number of para-hydroxylation sites is 1. The number of hydrogen-bond acceptors (Lipinski definition) is 6. The molecule has 0 bridgehead atoms. The first-order chi connectivity index (χ1) is 13.4. The van der Waals surface area contributed by atoms with E-state index in [4.69, 9.17) is 0 Å². The highest BCUT2D eigenvalue weighted by molar-refractivity contribution is 7.89. The fourth-order valence-electron chi connectivity index (χ4n) is 2.86. The minimum absolute atomic E-state index is 0.0460. The van der Waals surface area contributed by atoms with Crippen LogP contribution in [0.2, 0.25) is 0 Å². The Hall–Kier alpha value is -3.11. The van der Waals surface area contributed by atoms with Crippen LogP contribution < -0.4 is 5.43 Å². The first kappa shape index (κ1) is 19.6. The molecule has 1 saturated heterocycles. The summed E-state index contributed by atoms with van der Waals surface area (Å²) in [4.78, 5) is 22.8. The van der Waals surface area contributed by atoms with Crippen molar-refractivity contribution in [1.82, 2.24) is 9.73 Å². The maximum Gasteiger partial charge on any atom is 0.278 e. The van der Waals surface area contributed by atoms with Gasteiger partial charge in [0.25, 0.3) is 11.6 Å². The van der Waals surface area contributed by atoms with Crippen LogP contribution in [-0.4, -0.2) is 42.9 Å². The van der Waals surface area contributed by atoms with Crippen LogP contribution in [0.5, 0.6) is 0 Å². The lowest BCUT2D eigenvalue weighted by molar-refractivity contribution is -0.385. The topological polar surface area (TPSA) is 122 Å². The molecule has 2 aromatic carbocycles. The Morgan fingerprint density at radius 1 is 1.14 bits per heavy atom. The van der Waals surface area contributed by atoms with Gasteiger partial charge < -0.3 is 0 Å². The summed E-state index contributed by atoms with van der Waals surface area (Å²) in [5, 5.41) is 14.7. The van der Waals surface area contributed by atoms with E-state index < -0.39 is 20.9 Å². The van der Waals surface area contributed by atoms with E-state index in [0.29, 0.717) is 13.1 Å². The summed E-state index contributed by atoms with van der Waals surface area (Å²) in [5.74, 6) is -0.617. The molecule has 0 radical (unpaired) electrons. The molecule has 0 atom stereocenters. The molecular formula is C18H18N4O5S. The molecule has 1 aliphatic rings. The van der Waals surface area contributed by atoms with Crippen molar-refractivity contribution in [3.8, 4) is 0 Å². The average Bonchev–Trinajstić information content (AvgIpc) is 3.24. The van der Waals surface area contributed by atoms with Crippen molar-refractivity contribution in [3.05, 3.63) is 69.8 Å². The number of hydrogen-bond donors (Lipinski definition) is 1. The summed E-state index contributed by atoms with van der Waals surface area (Å²) in [6.07, 6.45) is 2.81. The van der Waals surface area contributed by atoms with E-state index in [0.717, 1.165) is 12.8 Å². The molecule has 3 rings (SSSR count). The van der Waals surface area contributed by atoms with Gasteiger partial charge >= 0.3 is 0 Å². The molecule has 10 heteroatoms. The monoisotopic (exact) mass is 402 g/mol. The van der Waals surface area contributed by atoms with Gasteiger partial charge in [0.2, 0.25) is 10.0 Å². The predicted octanol–water partition coefficient (Wildman–Crippen LogP) is 2.14. The van der Waals surface area contributed by atoms with E-state index in [9.17, 15) is 23.3 Å². The van der Waals surface area contributed by atoms with Crippen molar-refractivity contribution in [3.63, 3.8) is 0 Å². The molecule has 0 unspecified atom stereocenters. The molecule has 0 saturated carbocycles. The number of sulfonamides is 1. The third-order valence-electron chi connectivity index (χ3n) is 4.30. The Morgan fingerprint density at radius 3 is 2.57 bits per heavy atom. The SMILES string of the molecule is O=C(N/N=C/c1ccccc1[N+](=O)[O-])c1cccc(S(=O)(=O)N2CCCC2)c1. The Balaban J connectivity index is 1.74. The number of amides is 1. The third-order valence-corrected chi connectivity index (χ3v) is 6.20. The number of nitrogens with zero attached hydrogens (tertiary/aromatic N) is 3. The van der Waals surface area contributed by atoms with Gasteiger partial charge in [0.15, 0.2) is 0 Å². The van der Waals surface area contributed by atoms with Crippen LogP contribution in [0.25, 0.3) is 0 Å². The van der Waals surface area contributed by atoms with Crippen molar-refractivity contribution in [2.45, 2.75) is 17.7 Å². The van der Waals surface area contributed by atoms with E-state index in [-0.39, 0.29) is 21.7 Å². The number of hydrazone groups is 1. The van der Waals surface area contributed by atoms with Crippen LogP contribution in [0.15, 0.2) is 58.5 Å². The number of benzene rings is 2. The zero-order valence-corrected chi connectivity index (χ0v) is 15.6. The first-order valence-electron chi connectivity index (χ1n) is 8.56. The Morgan fingerprint density at radius 2 is 1.86 bits per heavy atom. The van der Waals surface area contributed by atoms with Gasteiger partial charge in [0.1, 0.15) is 0 Å². The van der Waals surface area contributed by atoms with E-state index in [1.54, 1.807) is 6.07 Å². The molecule has 9 nitrogen and oxygen atoms in total. The predicted molar refractivity (Wildman–Crippen MR) is 103 cm³/mol. The van der Waals surface area contributed by atoms with Crippen molar-refractivity contribution < 1.29 is 18.1 Å². The van der Waals surface area contributed by atoms with Crippen LogP contribution in [-0.2, 0) is 10.0 Å². The van der Waals surface area contributed by atoms with E-state index in [1.807, 2.05) is 0 Å². The Bertz CT molecular complexity index is 1030. The fraction of sp³-hybridized carbons (Fsp3) is 0.222. The van der Waals surface area contributed by atoms with E-state index in [2.05, 4.69) is 10.5 Å². The van der Waals surface area contributed by atoms with Gasteiger partial charge in [-0.05, 0) is 37.1 Å². The highest BCUT2D eigenvalue weighted by Gasteiger charge is 2.27. The highest BCUT2D eigenvalue weighted by atomic mass is 32.2. The number of carbonyl (C=O) groups excluding carboxylic acids is 1. The van der Waals surface area contributed by atoms with Crippen LogP contribution in [0.1, 0.15) is 28.8 Å². The van der Waals surface area contributed by atoms with Crippen molar-refractivity contribution >= 4 is 27.8 Å². The van der Waals surface area contributed by atoms with Crippen LogP contribution in [0.4, 0.5) is 5.69 Å². The molecule has 0 aliphatic carbocycles. The van der Waals surface area contributed by atoms with Crippen LogP contribution >= 0.6 is 0 Å². The van der Waals surface area contributed by atoms with Crippen LogP contribution in [0.3, 0.4) is 0 Å². The van der Waals surface area contributed by atoms with E-state index in [1.165, 1.54) is 53.0 Å². The van der Waals surface area contributed by atoms with Gasteiger partial charge in [-0.2, -0.15) is 9.41 Å². The molecule has 146 valence electrons. The van der Waals surface area contributed by atoms with Crippen molar-refractivity contribution in [2.24, 2.45) is 5.10 Å². The molecule has 1 fully saturated rings. The second-order valence-corrected chi connectivity index (χ2v) is 8.09. The van der Waals surface area contributed by atoms with Gasteiger partial charge in [-0.25, -0.2) is 13.8 Å². The maximum atomic E-state index is 12.6. The number of nitro groups is 1. The second-order valence-electron chi connectivity index (χ2n) is 6.15. The highest BCUT2D eigenvalue weighted by Crippen LogP contribution is 2.21. The maximum absolute atomic E-state index is 12.6. The summed E-state index contributed by atoms with van der Waals surface area (Å²) >= 11 is 0. The summed E-state index contributed by atoms with van der Waals surface area (Å²) in [6, 6.07) is 11.7. The minimum Gasteiger partial charge on any atom is -0.267 e. The summed E-state index contributed by atoms with van der Waals surface area (Å²) in [7, 11) is -3.63. The molecular weight excluding hydrogens is 384 g/mol. The van der Waals surface area contributed by atoms with Crippen molar-refractivity contribution in [2.75, 3.05) is 13.1 Å². The van der Waals surface area contributed by atoms with E-state index >= 15 is 0 Å². The number of nitrogens with one attached hydrogen (secondary N) is 1. The zero-order chi connectivity index (χ0) is 20.1. The quantitative estimate of drug-likeness (QED) is 0.451. The third kappa shape index (κ3) is 4.24. The Kier molecular flexibility index (Phi) is 5.81. The minimum atomic E-state index is -3.63. The number of rotatable bonds is 6. The summed E-state index contributed by atoms with van der Waals surface area (Å²) < 4.78 is 26.6. The molecule has 0 spiro atoms. The standard InChI is InChI=1S/C18H18N4O5S/c23-18(20-19-13-15-6-1-2-9-17(15)22(24)25)14-7-5-8-16(12-14)28(26,27)21-10-3-4-11-21/h1-2,5-9,12-13H,3-4,10-11H2,(H,20,23)/b19-13+. The summed E-state index contributed by atoms with van der Waals surface area (Å²) in [6.45, 7) is 0.942. The second kappa shape index (κ2) is 8.28. The lowest BCUT2D eigenvalue weighted by Gasteiger charge is -2.15. The van der Waals surface area contributed by atoms with Gasteiger partial charge in [0, 0.05) is 24.7 Å². The fourth-order valence-corrected chi connectivity index (χ4v) is 4.43. The molecule has 1 amide bonds. The van der Waals surface area contributed by atoms with Gasteiger partial charge in [-0.15, -0.1) is 0 Å². The molecule has 0 aromatic heterocycles. The molecule has 1 N–H and O–H groups in total. The first-order valence-corrected chi connectivity index (χ1v) is 10.0. The number of carbonyl (C=O) groups is 1. The molecule has 1 heterocycles. The van der Waals surface area contributed by atoms with Gasteiger partial charge in [-0.1, -0.05) is 18.2 Å². The van der Waals surface area contributed by atoms with Crippen molar-refractivity contribution in [1.29, 1.82) is 0 Å². The number of nitro benzene ring substituents is 1. The zero-order valence-electron chi connectivity index (χ0n) is 14.8. The molecule has 2 aromatic rings. The lowest BCUT2D eigenvalue weighted by Crippen LogP contribution is -2.28. The summed E-state index contributed by atoms with van der Waals surface area (Å²) in [5.41, 5.74) is 2.48. The smallest absolute Gasteiger partial charge is 0.267 e. The lowest BCUT2D eigenvalue weighted by atomic mass is 10.2. The normalized spacial score (nSPS) is 15.0. The largest absolute Gasteiger partial charge is 0.278 e. The average molecular weight is 402 g/mol. The van der Waals surface area contributed by atoms with Gasteiger partial charge in [-0.3, -0.25) is 14.9 Å². The van der Waals surface area contributed by atoms with Crippen LogP contribution in [0, 0.1) is 10.1 Å². The Labute approximate surface area is 161 Å².